The predicted molar refractivity (Wildman–Crippen MR) is 277 cm³/mol. The molecule has 0 N–H and O–H groups in total. The van der Waals surface area contributed by atoms with E-state index in [4.69, 9.17) is 15.1 Å². The second kappa shape index (κ2) is 18.9. The summed E-state index contributed by atoms with van der Waals surface area (Å²) in [6.07, 6.45) is 9.84. The third-order valence-electron chi connectivity index (χ3n) is 12.8. The number of benzene rings is 8. The molecule has 4 heteroatoms. The normalized spacial score (nSPS) is 11.2. The van der Waals surface area contributed by atoms with E-state index in [9.17, 15) is 0 Å². The Balaban J connectivity index is 0.855. The van der Waals surface area contributed by atoms with E-state index in [1.54, 1.807) is 0 Å². The van der Waals surface area contributed by atoms with Crippen molar-refractivity contribution in [1.82, 2.24) is 19.7 Å². The molecule has 3 aromatic heterocycles. The molecule has 0 radical (unpaired) electrons. The topological polar surface area (TPSA) is 43.6 Å². The van der Waals surface area contributed by atoms with Crippen molar-refractivity contribution >= 4 is 10.9 Å². The Morgan fingerprint density at radius 3 is 1.52 bits per heavy atom. The number of hydrogen-bond donors (Lipinski definition) is 0. The van der Waals surface area contributed by atoms with E-state index in [-0.39, 0.29) is 0 Å². The fourth-order valence-corrected chi connectivity index (χ4v) is 9.10. The molecule has 0 bridgehead atoms. The number of aromatic nitrogens is 4. The monoisotopic (exact) mass is 860 g/mol. The minimum Gasteiger partial charge on any atom is -0.256 e. The number of pyridine rings is 2. The van der Waals surface area contributed by atoms with Gasteiger partial charge in [0.05, 0.1) is 22.6 Å². The Kier molecular flexibility index (Phi) is 11.7. The van der Waals surface area contributed by atoms with Crippen molar-refractivity contribution in [3.63, 3.8) is 0 Å². The van der Waals surface area contributed by atoms with Gasteiger partial charge in [-0.25, -0.2) is 4.68 Å². The molecular formula is C63H48N4. The van der Waals surface area contributed by atoms with Crippen molar-refractivity contribution in [2.45, 2.75) is 25.7 Å². The SMILES string of the molecule is c1ccc(-c2ccc(-c3cccc(-c4ccc(-c5ccccc5-c5cc(CCc6ccc(-n7cc8ccccc8n7)cc6)cc(CCc6ccc(-c7ccccc7)nc6)c5)cn4)c3)cc2)cc1. The van der Waals surface area contributed by atoms with Gasteiger partial charge in [-0.2, -0.15) is 5.10 Å². The van der Waals surface area contributed by atoms with E-state index in [0.717, 1.165) is 70.4 Å². The molecule has 0 aliphatic heterocycles. The van der Waals surface area contributed by atoms with E-state index in [0.29, 0.717) is 0 Å². The van der Waals surface area contributed by atoms with Gasteiger partial charge in [-0.05, 0) is 123 Å². The molecule has 0 saturated carbocycles. The number of aryl methyl sites for hydroxylation is 4. The molecule has 0 amide bonds. The highest BCUT2D eigenvalue weighted by molar-refractivity contribution is 5.84. The second-order valence-corrected chi connectivity index (χ2v) is 17.3. The molecule has 320 valence electrons. The van der Waals surface area contributed by atoms with E-state index in [1.807, 2.05) is 29.2 Å². The lowest BCUT2D eigenvalue weighted by atomic mass is 9.90. The molecule has 4 nitrogen and oxygen atoms in total. The van der Waals surface area contributed by atoms with Crippen LogP contribution in [0.3, 0.4) is 0 Å². The fourth-order valence-electron chi connectivity index (χ4n) is 9.10. The van der Waals surface area contributed by atoms with Crippen LogP contribution in [0.1, 0.15) is 22.3 Å². The Labute approximate surface area is 392 Å². The van der Waals surface area contributed by atoms with E-state index >= 15 is 0 Å². The van der Waals surface area contributed by atoms with Gasteiger partial charge >= 0.3 is 0 Å². The van der Waals surface area contributed by atoms with Crippen molar-refractivity contribution in [2.24, 2.45) is 0 Å². The average molecular weight is 861 g/mol. The first kappa shape index (κ1) is 41.2. The highest BCUT2D eigenvalue weighted by atomic mass is 15.3. The Morgan fingerprint density at radius 1 is 0.313 bits per heavy atom. The van der Waals surface area contributed by atoms with Crippen LogP contribution in [0.5, 0.6) is 0 Å². The van der Waals surface area contributed by atoms with Gasteiger partial charge in [-0.3, -0.25) is 9.97 Å². The van der Waals surface area contributed by atoms with Crippen molar-refractivity contribution < 1.29 is 0 Å². The molecule has 11 rings (SSSR count). The zero-order valence-electron chi connectivity index (χ0n) is 37.2. The summed E-state index contributed by atoms with van der Waals surface area (Å²) in [5.74, 6) is 0. The minimum atomic E-state index is 0.905. The van der Waals surface area contributed by atoms with Crippen LogP contribution in [0, 0.1) is 0 Å². The standard InChI is InChI=1S/C63H48N4/c1-3-12-49(13-4-1)50-29-31-51(32-30-50)53-17-11-18-54(41-53)62-37-33-55(43-65-62)59-19-8-9-20-60(59)57-39-47(24-22-45-26-34-58(35-27-45)67-44-56-16-7-10-21-63(56)66-67)38-48(40-57)25-23-46-28-36-61(64-42-46)52-14-5-2-6-15-52/h1-21,26-44H,22-25H2. The summed E-state index contributed by atoms with van der Waals surface area (Å²) >= 11 is 0. The molecule has 0 saturated heterocycles. The quantitative estimate of drug-likeness (QED) is 0.116. The maximum Gasteiger partial charge on any atom is 0.0927 e. The molecule has 0 fully saturated rings. The molecule has 8 aromatic carbocycles. The summed E-state index contributed by atoms with van der Waals surface area (Å²) in [5, 5.41) is 5.93. The first-order chi connectivity index (χ1) is 33.1. The van der Waals surface area contributed by atoms with Crippen LogP contribution in [0.2, 0.25) is 0 Å². The van der Waals surface area contributed by atoms with Gasteiger partial charge < -0.3 is 0 Å². The minimum absolute atomic E-state index is 0.905. The first-order valence-corrected chi connectivity index (χ1v) is 23.1. The molecular weight excluding hydrogens is 813 g/mol. The van der Waals surface area contributed by atoms with E-state index < -0.39 is 0 Å². The molecule has 0 aliphatic rings. The zero-order chi connectivity index (χ0) is 44.8. The number of hydrogen-bond acceptors (Lipinski definition) is 3. The molecule has 0 aliphatic carbocycles. The van der Waals surface area contributed by atoms with Gasteiger partial charge in [0.1, 0.15) is 0 Å². The lowest BCUT2D eigenvalue weighted by molar-refractivity contribution is 0.891. The summed E-state index contributed by atoms with van der Waals surface area (Å²) < 4.78 is 1.97. The number of rotatable bonds is 13. The molecule has 0 atom stereocenters. The Hall–Kier alpha value is -8.47. The maximum absolute atomic E-state index is 5.06. The van der Waals surface area contributed by atoms with Gasteiger partial charge in [0.15, 0.2) is 0 Å². The fraction of sp³-hybridized carbons (Fsp3) is 0.0635. The average Bonchev–Trinajstić information content (AvgIpc) is 3.85. The second-order valence-electron chi connectivity index (χ2n) is 17.3. The largest absolute Gasteiger partial charge is 0.256 e. The maximum atomic E-state index is 5.06. The Bertz CT molecular complexity index is 3380. The zero-order valence-corrected chi connectivity index (χ0v) is 37.2. The lowest BCUT2D eigenvalue weighted by Gasteiger charge is -2.15. The molecule has 11 aromatic rings. The summed E-state index contributed by atoms with van der Waals surface area (Å²) in [6, 6.07) is 80.2. The van der Waals surface area contributed by atoms with Crippen molar-refractivity contribution in [3.8, 4) is 72.7 Å². The van der Waals surface area contributed by atoms with Crippen molar-refractivity contribution in [3.05, 3.63) is 265 Å². The highest BCUT2D eigenvalue weighted by Gasteiger charge is 2.13. The van der Waals surface area contributed by atoms with Gasteiger partial charge in [-0.1, -0.05) is 188 Å². The predicted octanol–water partition coefficient (Wildman–Crippen LogP) is 15.4. The van der Waals surface area contributed by atoms with Crippen LogP contribution in [-0.4, -0.2) is 19.7 Å². The Morgan fingerprint density at radius 2 is 0.836 bits per heavy atom. The van der Waals surface area contributed by atoms with Gasteiger partial charge in [-0.15, -0.1) is 0 Å². The third-order valence-corrected chi connectivity index (χ3v) is 12.8. The van der Waals surface area contributed by atoms with Crippen LogP contribution >= 0.6 is 0 Å². The van der Waals surface area contributed by atoms with E-state index in [2.05, 4.69) is 219 Å². The molecule has 0 spiro atoms. The summed E-state index contributed by atoms with van der Waals surface area (Å²) in [5.41, 5.74) is 20.9. The summed E-state index contributed by atoms with van der Waals surface area (Å²) in [4.78, 5) is 9.89. The van der Waals surface area contributed by atoms with Crippen LogP contribution in [0.15, 0.2) is 243 Å². The number of fused-ring (bicyclic) bond motifs is 1. The van der Waals surface area contributed by atoms with Crippen molar-refractivity contribution in [2.75, 3.05) is 0 Å². The van der Waals surface area contributed by atoms with Crippen LogP contribution in [0.25, 0.3) is 83.6 Å². The first-order valence-electron chi connectivity index (χ1n) is 23.1. The van der Waals surface area contributed by atoms with Gasteiger partial charge in [0, 0.05) is 40.7 Å². The van der Waals surface area contributed by atoms with Gasteiger partial charge in [0.25, 0.3) is 0 Å². The van der Waals surface area contributed by atoms with Crippen LogP contribution in [0.4, 0.5) is 0 Å². The molecule has 3 heterocycles. The van der Waals surface area contributed by atoms with Gasteiger partial charge in [0.2, 0.25) is 0 Å². The highest BCUT2D eigenvalue weighted by Crippen LogP contribution is 2.35. The molecule has 0 unspecified atom stereocenters. The van der Waals surface area contributed by atoms with Crippen molar-refractivity contribution in [1.29, 1.82) is 0 Å². The summed E-state index contributed by atoms with van der Waals surface area (Å²) in [7, 11) is 0. The summed E-state index contributed by atoms with van der Waals surface area (Å²) in [6.45, 7) is 0. The lowest BCUT2D eigenvalue weighted by Crippen LogP contribution is -1.99. The molecule has 67 heavy (non-hydrogen) atoms. The van der Waals surface area contributed by atoms with Crippen LogP contribution < -0.4 is 0 Å². The van der Waals surface area contributed by atoms with Crippen LogP contribution in [-0.2, 0) is 25.7 Å². The number of nitrogens with zero attached hydrogens (tertiary/aromatic N) is 4. The van der Waals surface area contributed by atoms with E-state index in [1.165, 1.54) is 61.2 Å². The smallest absolute Gasteiger partial charge is 0.0927 e. The third kappa shape index (κ3) is 9.38.